The Morgan fingerprint density at radius 2 is 2.22 bits per heavy atom. The first-order valence-corrected chi connectivity index (χ1v) is 7.13. The average Bonchev–Trinajstić information content (AvgIpc) is 2.66. The number of nitrogens with one attached hydrogen (secondary N) is 1. The second-order valence-corrected chi connectivity index (χ2v) is 6.17. The second kappa shape index (κ2) is 5.82. The number of hydrogen-bond acceptors (Lipinski definition) is 4. The van der Waals surface area contributed by atoms with Crippen LogP contribution in [0.5, 0.6) is 11.5 Å². The van der Waals surface area contributed by atoms with Crippen LogP contribution < -0.4 is 10.1 Å². The molecule has 18 heavy (non-hydrogen) atoms. The number of hydrogen-bond donors (Lipinski definition) is 2. The number of methoxy groups -OCH3 is 1. The van der Waals surface area contributed by atoms with Crippen LogP contribution in [0.25, 0.3) is 0 Å². The number of aromatic hydroxyl groups is 1. The number of ether oxygens (including phenoxy) is 1. The molecule has 0 aliphatic heterocycles. The van der Waals surface area contributed by atoms with E-state index in [1.807, 2.05) is 12.1 Å². The lowest BCUT2D eigenvalue weighted by atomic mass is 10.2. The van der Waals surface area contributed by atoms with Gasteiger partial charge in [-0.2, -0.15) is 0 Å². The van der Waals surface area contributed by atoms with E-state index in [0.29, 0.717) is 12.3 Å². The summed E-state index contributed by atoms with van der Waals surface area (Å²) in [5, 5.41) is 12.9. The molecule has 2 N–H and O–H groups in total. The van der Waals surface area contributed by atoms with Crippen molar-refractivity contribution in [2.24, 2.45) is 0 Å². The number of phenols is 1. The largest absolute Gasteiger partial charge is 0.504 e. The van der Waals surface area contributed by atoms with E-state index in [2.05, 4.69) is 21.2 Å². The van der Waals surface area contributed by atoms with Gasteiger partial charge >= 0.3 is 0 Å². The minimum Gasteiger partial charge on any atom is -0.504 e. The van der Waals surface area contributed by atoms with Gasteiger partial charge < -0.3 is 15.2 Å². The fourth-order valence-electron chi connectivity index (χ4n) is 1.47. The van der Waals surface area contributed by atoms with Gasteiger partial charge in [0.05, 0.1) is 7.11 Å². The number of thiophene rings is 1. The van der Waals surface area contributed by atoms with Crippen LogP contribution in [-0.4, -0.2) is 12.2 Å². The van der Waals surface area contributed by atoms with Crippen LogP contribution in [0.2, 0.25) is 4.34 Å². The first-order chi connectivity index (χ1) is 8.60. The van der Waals surface area contributed by atoms with Crippen molar-refractivity contribution in [3.8, 4) is 11.5 Å². The topological polar surface area (TPSA) is 41.5 Å². The summed E-state index contributed by atoms with van der Waals surface area (Å²) in [6, 6.07) is 7.17. The van der Waals surface area contributed by atoms with Crippen molar-refractivity contribution >= 4 is 44.6 Å². The molecule has 6 heteroatoms. The van der Waals surface area contributed by atoms with Gasteiger partial charge in [-0.15, -0.1) is 11.3 Å². The van der Waals surface area contributed by atoms with Crippen LogP contribution >= 0.6 is 38.9 Å². The Labute approximate surface area is 122 Å². The van der Waals surface area contributed by atoms with Gasteiger partial charge in [-0.3, -0.25) is 0 Å². The van der Waals surface area contributed by atoms with E-state index < -0.39 is 0 Å². The van der Waals surface area contributed by atoms with Crippen LogP contribution in [0.1, 0.15) is 4.88 Å². The van der Waals surface area contributed by atoms with Gasteiger partial charge in [0.1, 0.15) is 4.34 Å². The standard InChI is InChI=1S/C12H11BrClNO2S/c1-17-11-3-2-7(4-10(11)16)15-6-8-5-9(13)12(14)18-8/h2-5,15-16H,6H2,1H3. The predicted octanol–water partition coefficient (Wildman–Crippen LogP) is 4.49. The molecule has 0 amide bonds. The molecule has 1 aromatic carbocycles. The summed E-state index contributed by atoms with van der Waals surface area (Å²) in [5.74, 6) is 0.579. The molecule has 0 unspecified atom stereocenters. The van der Waals surface area contributed by atoms with Gasteiger partial charge in [0, 0.05) is 27.6 Å². The smallest absolute Gasteiger partial charge is 0.160 e. The molecule has 0 spiro atoms. The fraction of sp³-hybridized carbons (Fsp3) is 0.167. The van der Waals surface area contributed by atoms with Crippen molar-refractivity contribution < 1.29 is 9.84 Å². The predicted molar refractivity (Wildman–Crippen MR) is 79.0 cm³/mol. The highest BCUT2D eigenvalue weighted by Gasteiger charge is 2.05. The molecule has 0 saturated carbocycles. The lowest BCUT2D eigenvalue weighted by Gasteiger charge is -2.07. The Hall–Kier alpha value is -0.910. The molecule has 0 atom stereocenters. The van der Waals surface area contributed by atoms with Gasteiger partial charge in [0.15, 0.2) is 11.5 Å². The number of anilines is 1. The van der Waals surface area contributed by atoms with E-state index in [1.165, 1.54) is 18.4 Å². The van der Waals surface area contributed by atoms with E-state index in [1.54, 1.807) is 12.1 Å². The third kappa shape index (κ3) is 3.10. The van der Waals surface area contributed by atoms with Crippen molar-refractivity contribution in [3.05, 3.63) is 38.0 Å². The highest BCUT2D eigenvalue weighted by atomic mass is 79.9. The zero-order chi connectivity index (χ0) is 13.1. The van der Waals surface area contributed by atoms with E-state index >= 15 is 0 Å². The van der Waals surface area contributed by atoms with Gasteiger partial charge in [-0.25, -0.2) is 0 Å². The van der Waals surface area contributed by atoms with Crippen molar-refractivity contribution in [1.29, 1.82) is 0 Å². The zero-order valence-corrected chi connectivity index (χ0v) is 12.7. The van der Waals surface area contributed by atoms with Crippen LogP contribution in [0.4, 0.5) is 5.69 Å². The van der Waals surface area contributed by atoms with Crippen LogP contribution in [0, 0.1) is 0 Å². The highest BCUT2D eigenvalue weighted by Crippen LogP contribution is 2.33. The number of benzene rings is 1. The summed E-state index contributed by atoms with van der Waals surface area (Å²) in [4.78, 5) is 1.11. The quantitative estimate of drug-likeness (QED) is 0.855. The monoisotopic (exact) mass is 347 g/mol. The van der Waals surface area contributed by atoms with Crippen LogP contribution in [-0.2, 0) is 6.54 Å². The molecular formula is C12H11BrClNO2S. The molecular weight excluding hydrogens is 338 g/mol. The normalized spacial score (nSPS) is 10.4. The van der Waals surface area contributed by atoms with Crippen molar-refractivity contribution in [2.75, 3.05) is 12.4 Å². The minimum absolute atomic E-state index is 0.118. The lowest BCUT2D eigenvalue weighted by Crippen LogP contribution is -1.97. The van der Waals surface area contributed by atoms with Gasteiger partial charge in [-0.05, 0) is 34.1 Å². The summed E-state index contributed by atoms with van der Waals surface area (Å²) in [5.41, 5.74) is 0.828. The van der Waals surface area contributed by atoms with Crippen molar-refractivity contribution in [1.82, 2.24) is 0 Å². The molecule has 1 heterocycles. The third-order valence-electron chi connectivity index (χ3n) is 2.34. The Kier molecular flexibility index (Phi) is 4.37. The highest BCUT2D eigenvalue weighted by molar-refractivity contribution is 9.10. The second-order valence-electron chi connectivity index (χ2n) is 3.57. The molecule has 0 fully saturated rings. The Morgan fingerprint density at radius 1 is 1.44 bits per heavy atom. The maximum absolute atomic E-state index is 9.65. The summed E-state index contributed by atoms with van der Waals surface area (Å²) in [7, 11) is 1.52. The van der Waals surface area contributed by atoms with Gasteiger partial charge in [0.25, 0.3) is 0 Å². The molecule has 3 nitrogen and oxygen atoms in total. The first-order valence-electron chi connectivity index (χ1n) is 5.14. The van der Waals surface area contributed by atoms with E-state index in [-0.39, 0.29) is 5.75 Å². The SMILES string of the molecule is COc1ccc(NCc2cc(Br)c(Cl)s2)cc1O. The molecule has 0 bridgehead atoms. The van der Waals surface area contributed by atoms with Crippen molar-refractivity contribution in [2.45, 2.75) is 6.54 Å². The van der Waals surface area contributed by atoms with E-state index in [9.17, 15) is 5.11 Å². The fourth-order valence-corrected chi connectivity index (χ4v) is 3.20. The maximum atomic E-state index is 9.65. The summed E-state index contributed by atoms with van der Waals surface area (Å²) < 4.78 is 6.63. The molecule has 2 rings (SSSR count). The van der Waals surface area contributed by atoms with Gasteiger partial charge in [-0.1, -0.05) is 11.6 Å². The molecule has 2 aromatic rings. The number of halogens is 2. The van der Waals surface area contributed by atoms with Crippen LogP contribution in [0.15, 0.2) is 28.7 Å². The average molecular weight is 349 g/mol. The summed E-state index contributed by atoms with van der Waals surface area (Å²) >= 11 is 10.8. The van der Waals surface area contributed by atoms with E-state index in [4.69, 9.17) is 16.3 Å². The third-order valence-corrected chi connectivity index (χ3v) is 4.82. The van der Waals surface area contributed by atoms with E-state index in [0.717, 1.165) is 19.4 Å². The zero-order valence-electron chi connectivity index (χ0n) is 9.54. The number of phenolic OH excluding ortho intramolecular Hbond substituents is 1. The first kappa shape index (κ1) is 13.5. The molecule has 0 saturated heterocycles. The molecule has 0 radical (unpaired) electrons. The summed E-state index contributed by atoms with van der Waals surface area (Å²) in [6.45, 7) is 0.655. The Bertz CT molecular complexity index is 540. The molecule has 0 aliphatic rings. The van der Waals surface area contributed by atoms with Crippen LogP contribution in [0.3, 0.4) is 0 Å². The minimum atomic E-state index is 0.118. The Balaban J connectivity index is 2.04. The molecule has 1 aromatic heterocycles. The summed E-state index contributed by atoms with van der Waals surface area (Å²) in [6.07, 6.45) is 0. The molecule has 96 valence electrons. The number of rotatable bonds is 4. The molecule has 0 aliphatic carbocycles. The van der Waals surface area contributed by atoms with Crippen molar-refractivity contribution in [3.63, 3.8) is 0 Å². The Morgan fingerprint density at radius 3 is 2.78 bits per heavy atom. The maximum Gasteiger partial charge on any atom is 0.160 e. The van der Waals surface area contributed by atoms with Gasteiger partial charge in [0.2, 0.25) is 0 Å². The lowest BCUT2D eigenvalue weighted by molar-refractivity contribution is 0.373.